The molecule has 0 spiro atoms. The van der Waals surface area contributed by atoms with Crippen LogP contribution in [0.4, 0.5) is 0 Å². The first-order valence-corrected chi connectivity index (χ1v) is 5.57. The van der Waals surface area contributed by atoms with Gasteiger partial charge in [-0.25, -0.2) is 0 Å². The lowest BCUT2D eigenvalue weighted by Crippen LogP contribution is -2.27. The minimum absolute atomic E-state index is 0.121. The number of hydrogen-bond acceptors (Lipinski definition) is 3. The highest BCUT2D eigenvalue weighted by Gasteiger charge is 2.34. The molecule has 0 saturated heterocycles. The summed E-state index contributed by atoms with van der Waals surface area (Å²) in [5, 5.41) is 11.6. The summed E-state index contributed by atoms with van der Waals surface area (Å²) in [6, 6.07) is 1.93. The zero-order chi connectivity index (χ0) is 12.3. The Balaban J connectivity index is 2.16. The van der Waals surface area contributed by atoms with E-state index in [1.54, 1.807) is 12.3 Å². The summed E-state index contributed by atoms with van der Waals surface area (Å²) in [4.78, 5) is 15.9. The number of hydrogen-bond donors (Lipinski definition) is 2. The van der Waals surface area contributed by atoms with Crippen LogP contribution in [0.1, 0.15) is 29.3 Å². The van der Waals surface area contributed by atoms with Crippen molar-refractivity contribution in [3.8, 4) is 11.8 Å². The highest BCUT2D eigenvalue weighted by atomic mass is 16.2. The zero-order valence-electron chi connectivity index (χ0n) is 9.60. The largest absolute Gasteiger partial charge is 0.384 e. The summed E-state index contributed by atoms with van der Waals surface area (Å²) in [6.45, 7) is 1.87. The van der Waals surface area contributed by atoms with E-state index in [0.29, 0.717) is 17.0 Å². The third-order valence-electron chi connectivity index (χ3n) is 2.79. The number of aliphatic hydroxyl groups excluding tert-OH is 1. The molecule has 0 bridgehead atoms. The summed E-state index contributed by atoms with van der Waals surface area (Å²) in [5.74, 6) is 5.69. The van der Waals surface area contributed by atoms with Gasteiger partial charge in [-0.3, -0.25) is 9.78 Å². The molecule has 2 N–H and O–H groups in total. The molecule has 1 aromatic rings. The molecule has 17 heavy (non-hydrogen) atoms. The van der Waals surface area contributed by atoms with Crippen LogP contribution in [0.25, 0.3) is 0 Å². The Hall–Kier alpha value is -1.86. The fourth-order valence-corrected chi connectivity index (χ4v) is 1.60. The number of nitrogens with zero attached hydrogens (tertiary/aromatic N) is 1. The monoisotopic (exact) mass is 230 g/mol. The van der Waals surface area contributed by atoms with Crippen LogP contribution in [-0.2, 0) is 0 Å². The number of aliphatic hydroxyl groups is 1. The standard InChI is InChI=1S/C13H14N2O2/c1-9-7-12(9)15-13(17)11-4-5-14-8-10(11)3-2-6-16/h4-5,8-9,12,16H,6-7H2,1H3,(H,15,17). The molecule has 0 radical (unpaired) electrons. The molecule has 1 aromatic heterocycles. The second-order valence-electron chi connectivity index (χ2n) is 4.17. The third-order valence-corrected chi connectivity index (χ3v) is 2.79. The number of nitrogens with one attached hydrogen (secondary N) is 1. The molecule has 2 unspecified atom stereocenters. The van der Waals surface area contributed by atoms with Crippen LogP contribution in [-0.4, -0.2) is 28.6 Å². The van der Waals surface area contributed by atoms with Crippen molar-refractivity contribution in [3.05, 3.63) is 29.6 Å². The van der Waals surface area contributed by atoms with Gasteiger partial charge in [-0.2, -0.15) is 0 Å². The van der Waals surface area contributed by atoms with Crippen molar-refractivity contribution < 1.29 is 9.90 Å². The summed E-state index contributed by atoms with van der Waals surface area (Å²) < 4.78 is 0. The number of rotatable bonds is 2. The molecule has 1 heterocycles. The van der Waals surface area contributed by atoms with Crippen molar-refractivity contribution in [2.75, 3.05) is 6.61 Å². The Morgan fingerprint density at radius 1 is 1.71 bits per heavy atom. The minimum Gasteiger partial charge on any atom is -0.384 e. The molecule has 4 heteroatoms. The highest BCUT2D eigenvalue weighted by molar-refractivity contribution is 5.96. The van der Waals surface area contributed by atoms with Gasteiger partial charge in [-0.05, 0) is 18.4 Å². The minimum atomic E-state index is -0.227. The van der Waals surface area contributed by atoms with Crippen molar-refractivity contribution >= 4 is 5.91 Å². The fraction of sp³-hybridized carbons (Fsp3) is 0.385. The van der Waals surface area contributed by atoms with E-state index in [1.807, 2.05) is 0 Å². The molecule has 88 valence electrons. The second-order valence-corrected chi connectivity index (χ2v) is 4.17. The molecule has 1 saturated carbocycles. The lowest BCUT2D eigenvalue weighted by molar-refractivity contribution is 0.0949. The van der Waals surface area contributed by atoms with E-state index in [0.717, 1.165) is 6.42 Å². The van der Waals surface area contributed by atoms with Crippen molar-refractivity contribution in [2.45, 2.75) is 19.4 Å². The van der Waals surface area contributed by atoms with Crippen molar-refractivity contribution in [2.24, 2.45) is 5.92 Å². The van der Waals surface area contributed by atoms with Crippen LogP contribution in [0.5, 0.6) is 0 Å². The quantitative estimate of drug-likeness (QED) is 0.730. The van der Waals surface area contributed by atoms with Crippen molar-refractivity contribution in [1.82, 2.24) is 10.3 Å². The van der Waals surface area contributed by atoms with Crippen LogP contribution >= 0.6 is 0 Å². The van der Waals surface area contributed by atoms with Crippen molar-refractivity contribution in [1.29, 1.82) is 0 Å². The Morgan fingerprint density at radius 3 is 3.12 bits per heavy atom. The normalized spacial score (nSPS) is 21.3. The Morgan fingerprint density at radius 2 is 2.47 bits per heavy atom. The van der Waals surface area contributed by atoms with Crippen molar-refractivity contribution in [3.63, 3.8) is 0 Å². The molecule has 0 aliphatic heterocycles. The average Bonchev–Trinajstić information content (AvgIpc) is 3.02. The van der Waals surface area contributed by atoms with Crippen LogP contribution in [0.2, 0.25) is 0 Å². The van der Waals surface area contributed by atoms with Gasteiger partial charge >= 0.3 is 0 Å². The van der Waals surface area contributed by atoms with E-state index < -0.39 is 0 Å². The second kappa shape index (κ2) is 4.98. The van der Waals surface area contributed by atoms with Crippen LogP contribution < -0.4 is 5.32 Å². The highest BCUT2D eigenvalue weighted by Crippen LogP contribution is 2.29. The molecule has 1 aliphatic carbocycles. The van der Waals surface area contributed by atoms with E-state index in [4.69, 9.17) is 5.11 Å². The van der Waals surface area contributed by atoms with E-state index in [-0.39, 0.29) is 18.6 Å². The molecule has 2 rings (SSSR count). The molecule has 1 aliphatic rings. The van der Waals surface area contributed by atoms with Gasteiger partial charge in [0.2, 0.25) is 0 Å². The molecular formula is C13H14N2O2. The molecule has 0 aromatic carbocycles. The average molecular weight is 230 g/mol. The topological polar surface area (TPSA) is 62.2 Å². The Bertz CT molecular complexity index is 488. The number of carbonyl (C=O) groups is 1. The lowest BCUT2D eigenvalue weighted by Gasteiger charge is -2.05. The van der Waals surface area contributed by atoms with Gasteiger partial charge in [-0.15, -0.1) is 0 Å². The molecule has 2 atom stereocenters. The lowest BCUT2D eigenvalue weighted by atomic mass is 10.1. The zero-order valence-corrected chi connectivity index (χ0v) is 9.60. The molecule has 4 nitrogen and oxygen atoms in total. The Kier molecular flexibility index (Phi) is 3.40. The fourth-order valence-electron chi connectivity index (χ4n) is 1.60. The van der Waals surface area contributed by atoms with E-state index in [1.165, 1.54) is 6.20 Å². The van der Waals surface area contributed by atoms with Gasteiger partial charge in [0.15, 0.2) is 0 Å². The smallest absolute Gasteiger partial charge is 0.252 e. The molecular weight excluding hydrogens is 216 g/mol. The number of aromatic nitrogens is 1. The third kappa shape index (κ3) is 2.83. The Labute approximate surface area is 100 Å². The van der Waals surface area contributed by atoms with Gasteiger partial charge in [-0.1, -0.05) is 18.8 Å². The SMILES string of the molecule is CC1CC1NC(=O)c1ccncc1C#CCO. The first-order valence-electron chi connectivity index (χ1n) is 5.57. The molecule has 1 fully saturated rings. The van der Waals surface area contributed by atoms with E-state index >= 15 is 0 Å². The summed E-state index contributed by atoms with van der Waals surface area (Å²) in [5.41, 5.74) is 1.06. The first kappa shape index (κ1) is 11.6. The maximum Gasteiger partial charge on any atom is 0.252 e. The van der Waals surface area contributed by atoms with Crippen LogP contribution in [0.3, 0.4) is 0 Å². The van der Waals surface area contributed by atoms with Gasteiger partial charge in [0.1, 0.15) is 6.61 Å². The maximum atomic E-state index is 12.0. The number of amides is 1. The van der Waals surface area contributed by atoms with E-state index in [2.05, 4.69) is 29.1 Å². The van der Waals surface area contributed by atoms with E-state index in [9.17, 15) is 4.79 Å². The summed E-state index contributed by atoms with van der Waals surface area (Å²) in [6.07, 6.45) is 4.14. The molecule has 1 amide bonds. The van der Waals surface area contributed by atoms with Gasteiger partial charge < -0.3 is 10.4 Å². The van der Waals surface area contributed by atoms with Crippen LogP contribution in [0.15, 0.2) is 18.5 Å². The predicted molar refractivity (Wildman–Crippen MR) is 63.2 cm³/mol. The number of pyridine rings is 1. The predicted octanol–water partition coefficient (Wildman–Crippen LogP) is 0.564. The number of carbonyl (C=O) groups excluding carboxylic acids is 1. The van der Waals surface area contributed by atoms with Gasteiger partial charge in [0, 0.05) is 18.4 Å². The van der Waals surface area contributed by atoms with Gasteiger partial charge in [0.25, 0.3) is 5.91 Å². The first-order chi connectivity index (χ1) is 8.22. The maximum absolute atomic E-state index is 12.0. The van der Waals surface area contributed by atoms with Gasteiger partial charge in [0.05, 0.1) is 11.1 Å². The summed E-state index contributed by atoms with van der Waals surface area (Å²) >= 11 is 0. The van der Waals surface area contributed by atoms with Crippen LogP contribution in [0, 0.1) is 17.8 Å². The summed E-state index contributed by atoms with van der Waals surface area (Å²) in [7, 11) is 0.